The molecule has 0 saturated carbocycles. The Kier molecular flexibility index (Phi) is 7.58. The molecule has 272 valence electrons. The fourth-order valence-corrected chi connectivity index (χ4v) is 11.3. The highest BCUT2D eigenvalue weighted by atomic mass is 32.1. The van der Waals surface area contributed by atoms with Crippen LogP contribution in [0.2, 0.25) is 0 Å². The third-order valence-corrected chi connectivity index (χ3v) is 14.0. The normalized spacial score (nSPS) is 16.7. The Morgan fingerprint density at radius 2 is 1.32 bits per heavy atom. The molecule has 2 aliphatic rings. The molecule has 2 N–H and O–H groups in total. The summed E-state index contributed by atoms with van der Waals surface area (Å²) in [6, 6.07) is 57.6. The van der Waals surface area contributed by atoms with Crippen LogP contribution in [-0.4, -0.2) is 10.4 Å². The average Bonchev–Trinajstić information content (AvgIpc) is 3.95. The van der Waals surface area contributed by atoms with Gasteiger partial charge in [0.25, 0.3) is 0 Å². The lowest BCUT2D eigenvalue weighted by molar-refractivity contribution is 0.409. The van der Waals surface area contributed by atoms with E-state index in [9.17, 15) is 0 Å². The number of aryl methyl sites for hydroxylation is 1. The van der Waals surface area contributed by atoms with E-state index in [1.807, 2.05) is 28.7 Å². The van der Waals surface area contributed by atoms with E-state index in [-0.39, 0.29) is 12.3 Å². The number of hydrogen-bond donors (Lipinski definition) is 2. The molecule has 0 amide bonds. The van der Waals surface area contributed by atoms with Crippen LogP contribution in [0.3, 0.4) is 0 Å². The summed E-state index contributed by atoms with van der Waals surface area (Å²) in [5.41, 5.74) is 11.2. The molecular weight excluding hydrogens is 733 g/mol. The van der Waals surface area contributed by atoms with E-state index < -0.39 is 0 Å². The number of nitrogens with one attached hydrogen (secondary N) is 2. The third kappa shape index (κ3) is 5.40. The molecule has 10 aromatic rings. The molecule has 1 aliphatic heterocycles. The molecular formula is C51H36N4S2. The van der Waals surface area contributed by atoms with Crippen molar-refractivity contribution in [1.29, 1.82) is 0 Å². The van der Waals surface area contributed by atoms with Crippen LogP contribution in [0.25, 0.3) is 74.1 Å². The van der Waals surface area contributed by atoms with E-state index in [0.717, 1.165) is 29.8 Å². The van der Waals surface area contributed by atoms with Crippen molar-refractivity contribution in [1.82, 2.24) is 15.2 Å². The van der Waals surface area contributed by atoms with Gasteiger partial charge in [0.05, 0.1) is 11.2 Å². The summed E-state index contributed by atoms with van der Waals surface area (Å²) < 4.78 is 7.71. The monoisotopic (exact) mass is 768 g/mol. The molecule has 1 aliphatic carbocycles. The number of thiophene rings is 2. The van der Waals surface area contributed by atoms with Crippen LogP contribution in [0.15, 0.2) is 169 Å². The largest absolute Gasteiger partial charge is 0.350 e. The van der Waals surface area contributed by atoms with Gasteiger partial charge in [0.1, 0.15) is 18.2 Å². The number of hydrogen-bond acceptors (Lipinski definition) is 5. The first-order valence-electron chi connectivity index (χ1n) is 19.7. The number of para-hydroxylation sites is 1. The minimum Gasteiger partial charge on any atom is -0.350 e. The maximum atomic E-state index is 5.21. The lowest BCUT2D eigenvalue weighted by Crippen LogP contribution is -2.44. The minimum atomic E-state index is -0.194. The summed E-state index contributed by atoms with van der Waals surface area (Å²) in [6.07, 6.45) is 6.57. The molecule has 2 atom stereocenters. The van der Waals surface area contributed by atoms with Crippen molar-refractivity contribution in [3.05, 3.63) is 192 Å². The van der Waals surface area contributed by atoms with Crippen LogP contribution in [0.1, 0.15) is 46.7 Å². The number of aliphatic imine (C=N–C) groups is 1. The Balaban J connectivity index is 0.945. The SMILES string of the molecule is C1=Cc2c(c3ccccc3n2-c2cccc3sc4ccc(-c5ccc6sc7cc(C8N=C(c9ccccc9)NC(c9ccccc9)N8)ccc7c6c5)cc4c23)CC1. The predicted molar refractivity (Wildman–Crippen MR) is 243 cm³/mol. The number of amidine groups is 1. The van der Waals surface area contributed by atoms with Crippen molar-refractivity contribution in [3.8, 4) is 16.8 Å². The van der Waals surface area contributed by atoms with Crippen LogP contribution < -0.4 is 10.6 Å². The molecule has 0 bridgehead atoms. The van der Waals surface area contributed by atoms with E-state index in [2.05, 4.69) is 179 Å². The Bertz CT molecular complexity index is 3260. The highest BCUT2D eigenvalue weighted by Crippen LogP contribution is 2.44. The standard InChI is InChI=1S/C51H36N4S2/c1-3-12-31(13-4-1)49-52-50(32-14-5-2-6-15-32)54-51(53-49)35-22-25-38-39-28-33(23-26-44(39)57-47(38)30-35)34-24-27-45-40(29-34)48-43(20-11-21-46(48)56-45)55-41-18-9-7-16-36(41)37-17-8-10-19-42(37)55/h1-7,9-16,18-30,49,51,53H,8,17H2,(H,52,54). The number of rotatable bonds is 5. The van der Waals surface area contributed by atoms with Crippen LogP contribution in [0.5, 0.6) is 0 Å². The van der Waals surface area contributed by atoms with Crippen molar-refractivity contribution in [3.63, 3.8) is 0 Å². The predicted octanol–water partition coefficient (Wildman–Crippen LogP) is 13.3. The zero-order chi connectivity index (χ0) is 37.5. The Hall–Kier alpha value is -6.31. The fraction of sp³-hybridized carbons (Fsp3) is 0.0784. The van der Waals surface area contributed by atoms with Gasteiger partial charge in [0, 0.05) is 57.0 Å². The maximum absolute atomic E-state index is 5.21. The highest BCUT2D eigenvalue weighted by Gasteiger charge is 2.26. The molecule has 6 heteroatoms. The van der Waals surface area contributed by atoms with E-state index in [1.165, 1.54) is 84.9 Å². The zero-order valence-corrected chi connectivity index (χ0v) is 32.6. The molecule has 4 heterocycles. The molecule has 4 nitrogen and oxygen atoms in total. The van der Waals surface area contributed by atoms with Crippen molar-refractivity contribution in [2.24, 2.45) is 4.99 Å². The Morgan fingerprint density at radius 1 is 0.561 bits per heavy atom. The Labute approximate surface area is 338 Å². The number of allylic oxidation sites excluding steroid dienone is 1. The zero-order valence-electron chi connectivity index (χ0n) is 30.9. The van der Waals surface area contributed by atoms with Crippen LogP contribution in [-0.2, 0) is 6.42 Å². The maximum Gasteiger partial charge on any atom is 0.131 e. The van der Waals surface area contributed by atoms with Crippen LogP contribution in [0, 0.1) is 0 Å². The summed E-state index contributed by atoms with van der Waals surface area (Å²) >= 11 is 3.75. The summed E-state index contributed by atoms with van der Waals surface area (Å²) in [6.45, 7) is 0. The van der Waals surface area contributed by atoms with Gasteiger partial charge in [0.15, 0.2) is 0 Å². The second-order valence-electron chi connectivity index (χ2n) is 15.1. The number of aromatic nitrogens is 1. The van der Waals surface area contributed by atoms with Crippen LogP contribution >= 0.6 is 22.7 Å². The lowest BCUT2D eigenvalue weighted by atomic mass is 9.99. The number of nitrogens with zero attached hydrogens (tertiary/aromatic N) is 2. The minimum absolute atomic E-state index is 0.0665. The van der Waals surface area contributed by atoms with Gasteiger partial charge in [-0.1, -0.05) is 115 Å². The lowest BCUT2D eigenvalue weighted by Gasteiger charge is -2.32. The van der Waals surface area contributed by atoms with Gasteiger partial charge >= 0.3 is 0 Å². The van der Waals surface area contributed by atoms with Gasteiger partial charge in [-0.25, -0.2) is 4.99 Å². The van der Waals surface area contributed by atoms with Crippen molar-refractivity contribution >= 4 is 85.8 Å². The quantitative estimate of drug-likeness (QED) is 0.183. The molecule has 0 spiro atoms. The molecule has 0 saturated heterocycles. The van der Waals surface area contributed by atoms with Gasteiger partial charge in [-0.15, -0.1) is 22.7 Å². The van der Waals surface area contributed by atoms with E-state index >= 15 is 0 Å². The van der Waals surface area contributed by atoms with Crippen molar-refractivity contribution < 1.29 is 0 Å². The van der Waals surface area contributed by atoms with E-state index in [4.69, 9.17) is 4.99 Å². The van der Waals surface area contributed by atoms with E-state index in [1.54, 1.807) is 0 Å². The summed E-state index contributed by atoms with van der Waals surface area (Å²) in [4.78, 5) is 5.21. The molecule has 7 aromatic carbocycles. The van der Waals surface area contributed by atoms with Crippen LogP contribution in [0.4, 0.5) is 0 Å². The topological polar surface area (TPSA) is 41.4 Å². The first kappa shape index (κ1) is 32.9. The van der Waals surface area contributed by atoms with Gasteiger partial charge in [-0.2, -0.15) is 0 Å². The fourth-order valence-electron chi connectivity index (χ4n) is 9.05. The molecule has 12 rings (SSSR count). The highest BCUT2D eigenvalue weighted by molar-refractivity contribution is 7.26. The van der Waals surface area contributed by atoms with Gasteiger partial charge in [-0.3, -0.25) is 5.32 Å². The molecule has 0 radical (unpaired) electrons. The third-order valence-electron chi connectivity index (χ3n) is 11.8. The first-order chi connectivity index (χ1) is 28.2. The average molecular weight is 769 g/mol. The second-order valence-corrected chi connectivity index (χ2v) is 17.3. The smallest absolute Gasteiger partial charge is 0.131 e. The second kappa shape index (κ2) is 13.1. The number of benzene rings is 7. The van der Waals surface area contributed by atoms with Crippen molar-refractivity contribution in [2.75, 3.05) is 0 Å². The molecule has 0 fully saturated rings. The summed E-state index contributed by atoms with van der Waals surface area (Å²) in [5.74, 6) is 0.898. The van der Waals surface area contributed by atoms with Gasteiger partial charge in [0.2, 0.25) is 0 Å². The van der Waals surface area contributed by atoms with E-state index in [0.29, 0.717) is 0 Å². The van der Waals surface area contributed by atoms with Gasteiger partial charge < -0.3 is 9.88 Å². The Morgan fingerprint density at radius 3 is 2.18 bits per heavy atom. The summed E-state index contributed by atoms with van der Waals surface area (Å²) in [5, 5.41) is 14.0. The van der Waals surface area contributed by atoms with Gasteiger partial charge in [-0.05, 0) is 95.3 Å². The van der Waals surface area contributed by atoms with Crippen molar-refractivity contribution in [2.45, 2.75) is 25.2 Å². The summed E-state index contributed by atoms with van der Waals surface area (Å²) in [7, 11) is 0. The number of fused-ring (bicyclic) bond motifs is 9. The molecule has 57 heavy (non-hydrogen) atoms. The molecule has 2 unspecified atom stereocenters. The molecule has 3 aromatic heterocycles. The first-order valence-corrected chi connectivity index (χ1v) is 21.3.